The largest absolute Gasteiger partial charge is 0.396 e. The molecule has 0 fully saturated rings. The van der Waals surface area contributed by atoms with Gasteiger partial charge in [0.05, 0.1) is 17.5 Å². The van der Waals surface area contributed by atoms with Crippen molar-refractivity contribution in [1.29, 1.82) is 0 Å². The van der Waals surface area contributed by atoms with Gasteiger partial charge in [-0.2, -0.15) is 10.1 Å². The van der Waals surface area contributed by atoms with Gasteiger partial charge in [0.25, 0.3) is 5.91 Å². The van der Waals surface area contributed by atoms with Gasteiger partial charge < -0.3 is 15.7 Å². The summed E-state index contributed by atoms with van der Waals surface area (Å²) >= 11 is 0. The molecule has 9 heteroatoms. The highest BCUT2D eigenvalue weighted by Gasteiger charge is 2.34. The smallest absolute Gasteiger partial charge is 0.255 e. The number of nitrogens with zero attached hydrogens (tertiary/aromatic N) is 5. The van der Waals surface area contributed by atoms with E-state index >= 15 is 0 Å². The number of aromatic nitrogens is 5. The summed E-state index contributed by atoms with van der Waals surface area (Å²) in [5, 5.41) is 19.8. The van der Waals surface area contributed by atoms with Crippen LogP contribution in [0.4, 0.5) is 11.6 Å². The number of carbonyl (C=O) groups excluding carboxylic acids is 1. The Morgan fingerprint density at radius 1 is 1.24 bits per heavy atom. The number of anilines is 2. The van der Waals surface area contributed by atoms with E-state index < -0.39 is 6.04 Å². The number of pyridine rings is 2. The summed E-state index contributed by atoms with van der Waals surface area (Å²) in [5.74, 6) is 0.911. The van der Waals surface area contributed by atoms with Crippen molar-refractivity contribution in [2.24, 2.45) is 0 Å². The normalized spacial score (nSPS) is 15.6. The average molecular weight is 391 g/mol. The Kier molecular flexibility index (Phi) is 5.30. The van der Waals surface area contributed by atoms with E-state index in [1.54, 1.807) is 41.6 Å². The fraction of sp³-hybridized carbons (Fsp3) is 0.250. The predicted molar refractivity (Wildman–Crippen MR) is 107 cm³/mol. The van der Waals surface area contributed by atoms with E-state index in [4.69, 9.17) is 5.11 Å². The minimum atomic E-state index is -0.480. The second-order valence-electron chi connectivity index (χ2n) is 6.67. The molecular weight excluding hydrogens is 370 g/mol. The van der Waals surface area contributed by atoms with E-state index in [0.29, 0.717) is 41.6 Å². The van der Waals surface area contributed by atoms with E-state index in [9.17, 15) is 4.79 Å². The zero-order valence-corrected chi connectivity index (χ0v) is 15.9. The predicted octanol–water partition coefficient (Wildman–Crippen LogP) is 1.92. The summed E-state index contributed by atoms with van der Waals surface area (Å²) in [7, 11) is 0. The molecule has 0 spiro atoms. The third kappa shape index (κ3) is 3.85. The number of aliphatic hydroxyl groups excluding tert-OH is 1. The molecule has 3 aromatic heterocycles. The molecule has 0 bridgehead atoms. The number of allylic oxidation sites excluding steroid dienone is 1. The molecule has 1 aliphatic rings. The van der Waals surface area contributed by atoms with E-state index in [-0.39, 0.29) is 12.5 Å². The number of nitrogens with one attached hydrogen (secondary N) is 2. The Balaban J connectivity index is 1.74. The number of aliphatic hydroxyl groups is 1. The highest BCUT2D eigenvalue weighted by Crippen LogP contribution is 2.35. The first-order valence-electron chi connectivity index (χ1n) is 9.32. The lowest BCUT2D eigenvalue weighted by Gasteiger charge is -2.28. The summed E-state index contributed by atoms with van der Waals surface area (Å²) in [6.45, 7) is 1.91. The van der Waals surface area contributed by atoms with Gasteiger partial charge in [-0.15, -0.1) is 0 Å². The monoisotopic (exact) mass is 391 g/mol. The van der Waals surface area contributed by atoms with Gasteiger partial charge in [0.2, 0.25) is 5.95 Å². The average Bonchev–Trinajstić information content (AvgIpc) is 3.14. The Morgan fingerprint density at radius 3 is 2.72 bits per heavy atom. The highest BCUT2D eigenvalue weighted by molar-refractivity contribution is 6.05. The molecule has 1 amide bonds. The lowest BCUT2D eigenvalue weighted by molar-refractivity contribution is -0.113. The van der Waals surface area contributed by atoms with Crippen LogP contribution in [0, 0.1) is 0 Å². The number of rotatable bonds is 6. The second kappa shape index (κ2) is 8.19. The fourth-order valence-electron chi connectivity index (χ4n) is 3.31. The first-order chi connectivity index (χ1) is 14.2. The quantitative estimate of drug-likeness (QED) is 0.587. The number of amides is 1. The molecule has 3 N–H and O–H groups in total. The van der Waals surface area contributed by atoms with Crippen molar-refractivity contribution in [3.8, 4) is 0 Å². The molecule has 148 valence electrons. The number of fused-ring (bicyclic) bond motifs is 1. The minimum absolute atomic E-state index is 0.0688. The van der Waals surface area contributed by atoms with Gasteiger partial charge in [-0.25, -0.2) is 4.68 Å². The molecule has 4 rings (SSSR count). The van der Waals surface area contributed by atoms with Crippen LogP contribution in [0.3, 0.4) is 0 Å². The molecule has 0 saturated carbocycles. The van der Waals surface area contributed by atoms with Crippen LogP contribution in [0.25, 0.3) is 0 Å². The maximum atomic E-state index is 13.2. The fourth-order valence-corrected chi connectivity index (χ4v) is 3.31. The van der Waals surface area contributed by atoms with Crippen molar-refractivity contribution >= 4 is 17.5 Å². The number of carbonyl (C=O) groups is 1. The summed E-state index contributed by atoms with van der Waals surface area (Å²) < 4.78 is 1.70. The lowest BCUT2D eigenvalue weighted by atomic mass is 9.96. The maximum Gasteiger partial charge on any atom is 0.255 e. The Hall–Kier alpha value is -3.59. The van der Waals surface area contributed by atoms with E-state index in [1.165, 1.54) is 0 Å². The zero-order valence-electron chi connectivity index (χ0n) is 15.9. The zero-order chi connectivity index (χ0) is 20.2. The summed E-state index contributed by atoms with van der Waals surface area (Å²) in [4.78, 5) is 26.0. The van der Waals surface area contributed by atoms with Crippen LogP contribution < -0.4 is 10.6 Å². The molecule has 3 aromatic rings. The van der Waals surface area contributed by atoms with Gasteiger partial charge in [-0.3, -0.25) is 14.8 Å². The van der Waals surface area contributed by atoms with E-state index in [1.807, 2.05) is 19.1 Å². The van der Waals surface area contributed by atoms with Crippen molar-refractivity contribution in [1.82, 2.24) is 24.7 Å². The third-order valence-electron chi connectivity index (χ3n) is 4.62. The summed E-state index contributed by atoms with van der Waals surface area (Å²) in [5.41, 5.74) is 2.64. The van der Waals surface area contributed by atoms with Crippen LogP contribution in [0.5, 0.6) is 0 Å². The molecule has 4 heterocycles. The molecule has 0 radical (unpaired) electrons. The van der Waals surface area contributed by atoms with Crippen LogP contribution in [0.1, 0.15) is 30.8 Å². The number of aryl methyl sites for hydroxylation is 1. The maximum absolute atomic E-state index is 13.2. The second-order valence-corrected chi connectivity index (χ2v) is 6.67. The number of hydrogen-bond donors (Lipinski definition) is 3. The van der Waals surface area contributed by atoms with Gasteiger partial charge in [0.15, 0.2) is 5.82 Å². The molecule has 0 aromatic carbocycles. The molecular formula is C20H21N7O2. The van der Waals surface area contributed by atoms with E-state index in [2.05, 4.69) is 30.7 Å². The number of hydrogen-bond acceptors (Lipinski definition) is 7. The van der Waals surface area contributed by atoms with Gasteiger partial charge in [-0.1, -0.05) is 6.07 Å². The van der Waals surface area contributed by atoms with Crippen molar-refractivity contribution in [3.05, 3.63) is 71.7 Å². The highest BCUT2D eigenvalue weighted by atomic mass is 16.3. The van der Waals surface area contributed by atoms with Gasteiger partial charge in [0.1, 0.15) is 6.04 Å². The summed E-state index contributed by atoms with van der Waals surface area (Å²) in [6, 6.07) is 6.80. The Bertz CT molecular complexity index is 1030. The Labute approximate surface area is 167 Å². The van der Waals surface area contributed by atoms with Gasteiger partial charge in [0, 0.05) is 37.3 Å². The minimum Gasteiger partial charge on any atom is -0.396 e. The molecule has 29 heavy (non-hydrogen) atoms. The van der Waals surface area contributed by atoms with Crippen LogP contribution >= 0.6 is 0 Å². The Morgan fingerprint density at radius 2 is 2.03 bits per heavy atom. The van der Waals surface area contributed by atoms with Crippen molar-refractivity contribution < 1.29 is 9.90 Å². The molecule has 9 nitrogen and oxygen atoms in total. The van der Waals surface area contributed by atoms with Crippen molar-refractivity contribution in [2.75, 3.05) is 17.2 Å². The molecule has 0 saturated heterocycles. The van der Waals surface area contributed by atoms with Crippen LogP contribution in [0.15, 0.2) is 60.3 Å². The van der Waals surface area contributed by atoms with Crippen molar-refractivity contribution in [2.45, 2.75) is 25.8 Å². The van der Waals surface area contributed by atoms with Gasteiger partial charge in [-0.05, 0) is 37.1 Å². The summed E-state index contributed by atoms with van der Waals surface area (Å²) in [6.07, 6.45) is 7.77. The van der Waals surface area contributed by atoms with Crippen LogP contribution in [0.2, 0.25) is 0 Å². The molecule has 1 aliphatic heterocycles. The van der Waals surface area contributed by atoms with Crippen molar-refractivity contribution in [3.63, 3.8) is 0 Å². The topological polar surface area (TPSA) is 118 Å². The lowest BCUT2D eigenvalue weighted by Crippen LogP contribution is -2.31. The van der Waals surface area contributed by atoms with Crippen LogP contribution in [-0.2, 0) is 11.2 Å². The molecule has 0 aliphatic carbocycles. The van der Waals surface area contributed by atoms with E-state index in [0.717, 1.165) is 5.56 Å². The molecule has 1 unspecified atom stereocenters. The SMILES string of the molecule is CC1=C(C(=O)Nc2cccnc2)C(c2cccnc2)n2nc(CCCO)nc2N1. The molecule has 1 atom stereocenters. The van der Waals surface area contributed by atoms with Crippen LogP contribution in [-0.4, -0.2) is 42.4 Å². The third-order valence-corrected chi connectivity index (χ3v) is 4.62. The first-order valence-corrected chi connectivity index (χ1v) is 9.32. The standard InChI is InChI=1S/C20H21N7O2/c1-13-17(19(29)24-15-6-3-9-22-12-15)18(14-5-2-8-21-11-14)27-20(23-13)25-16(26-27)7-4-10-28/h2-3,5-6,8-9,11-12,18,28H,4,7,10H2,1H3,(H,24,29)(H,23,25,26). The first kappa shape index (κ1) is 18.8. The van der Waals surface area contributed by atoms with Gasteiger partial charge >= 0.3 is 0 Å².